The van der Waals surface area contributed by atoms with Crippen LogP contribution in [-0.4, -0.2) is 44.8 Å². The molecule has 2 atom stereocenters. The summed E-state index contributed by atoms with van der Waals surface area (Å²) in [6.45, 7) is 2.52. The summed E-state index contributed by atoms with van der Waals surface area (Å²) in [5.41, 5.74) is 1.08. The van der Waals surface area contributed by atoms with Crippen molar-refractivity contribution in [2.45, 2.75) is 37.8 Å². The summed E-state index contributed by atoms with van der Waals surface area (Å²) >= 11 is 0. The highest BCUT2D eigenvalue weighted by molar-refractivity contribution is 5.56. The van der Waals surface area contributed by atoms with Gasteiger partial charge in [-0.1, -0.05) is 0 Å². The molecule has 2 unspecified atom stereocenters. The fourth-order valence-corrected chi connectivity index (χ4v) is 3.66. The minimum absolute atomic E-state index is 0.544. The molecule has 0 amide bonds. The molecule has 21 heavy (non-hydrogen) atoms. The fourth-order valence-electron chi connectivity index (χ4n) is 3.66. The van der Waals surface area contributed by atoms with Crippen LogP contribution >= 0.6 is 0 Å². The SMILES string of the molecule is c1cnc(-n2cccn2)c(NC2CCN3CCCC3C2)c1. The lowest BCUT2D eigenvalue weighted by Gasteiger charge is -2.35. The van der Waals surface area contributed by atoms with Crippen LogP contribution in [0.4, 0.5) is 5.69 Å². The van der Waals surface area contributed by atoms with Crippen molar-refractivity contribution >= 4 is 5.69 Å². The molecule has 0 aromatic carbocycles. The number of hydrogen-bond acceptors (Lipinski definition) is 4. The molecule has 4 rings (SSSR count). The van der Waals surface area contributed by atoms with Crippen LogP contribution in [-0.2, 0) is 0 Å². The first-order valence-electron chi connectivity index (χ1n) is 7.86. The maximum absolute atomic E-state index is 4.48. The van der Waals surface area contributed by atoms with E-state index in [2.05, 4.69) is 26.4 Å². The van der Waals surface area contributed by atoms with Crippen LogP contribution in [0.3, 0.4) is 0 Å². The highest BCUT2D eigenvalue weighted by Gasteiger charge is 2.31. The summed E-state index contributed by atoms with van der Waals surface area (Å²) in [7, 11) is 0. The molecule has 5 heteroatoms. The second-order valence-electron chi connectivity index (χ2n) is 6.02. The average Bonchev–Trinajstić information content (AvgIpc) is 3.19. The van der Waals surface area contributed by atoms with Crippen LogP contribution in [0.2, 0.25) is 0 Å². The van der Waals surface area contributed by atoms with Gasteiger partial charge in [0.2, 0.25) is 0 Å². The molecule has 0 spiro atoms. The van der Waals surface area contributed by atoms with E-state index in [4.69, 9.17) is 0 Å². The Morgan fingerprint density at radius 2 is 2.14 bits per heavy atom. The second-order valence-corrected chi connectivity index (χ2v) is 6.02. The summed E-state index contributed by atoms with van der Waals surface area (Å²) in [4.78, 5) is 7.13. The molecule has 0 radical (unpaired) electrons. The molecule has 110 valence electrons. The van der Waals surface area contributed by atoms with Crippen molar-refractivity contribution in [2.24, 2.45) is 0 Å². The predicted molar refractivity (Wildman–Crippen MR) is 82.6 cm³/mol. The van der Waals surface area contributed by atoms with E-state index >= 15 is 0 Å². The van der Waals surface area contributed by atoms with Gasteiger partial charge in [0.25, 0.3) is 0 Å². The van der Waals surface area contributed by atoms with Crippen LogP contribution in [0.5, 0.6) is 0 Å². The third-order valence-corrected chi connectivity index (χ3v) is 4.69. The first kappa shape index (κ1) is 12.8. The van der Waals surface area contributed by atoms with Crippen LogP contribution < -0.4 is 5.32 Å². The van der Waals surface area contributed by atoms with Crippen molar-refractivity contribution in [2.75, 3.05) is 18.4 Å². The van der Waals surface area contributed by atoms with Gasteiger partial charge in [0.1, 0.15) is 0 Å². The Morgan fingerprint density at radius 3 is 3.05 bits per heavy atom. The molecule has 2 aliphatic rings. The third kappa shape index (κ3) is 2.53. The highest BCUT2D eigenvalue weighted by atomic mass is 15.3. The summed E-state index contributed by atoms with van der Waals surface area (Å²) < 4.78 is 1.83. The van der Waals surface area contributed by atoms with Crippen molar-refractivity contribution in [1.82, 2.24) is 19.7 Å². The van der Waals surface area contributed by atoms with Crippen LogP contribution in [0, 0.1) is 0 Å². The van der Waals surface area contributed by atoms with Crippen molar-refractivity contribution < 1.29 is 0 Å². The minimum atomic E-state index is 0.544. The van der Waals surface area contributed by atoms with E-state index in [1.165, 1.54) is 38.8 Å². The summed E-state index contributed by atoms with van der Waals surface area (Å²) in [6.07, 6.45) is 10.7. The second kappa shape index (κ2) is 5.48. The molecule has 0 saturated carbocycles. The van der Waals surface area contributed by atoms with Crippen molar-refractivity contribution in [1.29, 1.82) is 0 Å². The maximum atomic E-state index is 4.48. The van der Waals surface area contributed by atoms with E-state index in [1.807, 2.05) is 29.2 Å². The molecule has 2 aromatic heterocycles. The van der Waals surface area contributed by atoms with E-state index in [-0.39, 0.29) is 0 Å². The Balaban J connectivity index is 1.52. The number of nitrogens with zero attached hydrogens (tertiary/aromatic N) is 4. The summed E-state index contributed by atoms with van der Waals surface area (Å²) in [5, 5.41) is 8.00. The number of fused-ring (bicyclic) bond motifs is 1. The molecule has 0 aliphatic carbocycles. The first-order valence-corrected chi connectivity index (χ1v) is 7.86. The van der Waals surface area contributed by atoms with Gasteiger partial charge in [0.15, 0.2) is 5.82 Å². The fraction of sp³-hybridized carbons (Fsp3) is 0.500. The molecule has 2 saturated heterocycles. The van der Waals surface area contributed by atoms with Gasteiger partial charge in [0.05, 0.1) is 5.69 Å². The minimum Gasteiger partial charge on any atom is -0.379 e. The topological polar surface area (TPSA) is 46.0 Å². The Kier molecular flexibility index (Phi) is 3.35. The molecule has 5 nitrogen and oxygen atoms in total. The van der Waals surface area contributed by atoms with E-state index in [9.17, 15) is 0 Å². The number of hydrogen-bond donors (Lipinski definition) is 1. The maximum Gasteiger partial charge on any atom is 0.176 e. The molecular formula is C16H21N5. The van der Waals surface area contributed by atoms with Gasteiger partial charge in [-0.05, 0) is 50.4 Å². The van der Waals surface area contributed by atoms with E-state index < -0.39 is 0 Å². The standard InChI is InChI=1S/C16H21N5/c1-5-15(16(17-7-1)21-10-3-8-18-21)19-13-6-11-20-9-2-4-14(20)12-13/h1,3,5,7-8,10,13-14,19H,2,4,6,9,11-12H2. The zero-order valence-corrected chi connectivity index (χ0v) is 12.2. The molecule has 4 heterocycles. The van der Waals surface area contributed by atoms with Crippen LogP contribution in [0.1, 0.15) is 25.7 Å². The van der Waals surface area contributed by atoms with Crippen LogP contribution in [0.25, 0.3) is 5.82 Å². The quantitative estimate of drug-likeness (QED) is 0.939. The first-order chi connectivity index (χ1) is 10.4. The molecule has 2 fully saturated rings. The zero-order chi connectivity index (χ0) is 14.1. The number of piperidine rings is 1. The van der Waals surface area contributed by atoms with Crippen molar-refractivity contribution in [3.63, 3.8) is 0 Å². The zero-order valence-electron chi connectivity index (χ0n) is 12.2. The van der Waals surface area contributed by atoms with E-state index in [0.717, 1.165) is 17.5 Å². The largest absolute Gasteiger partial charge is 0.379 e. The number of rotatable bonds is 3. The Morgan fingerprint density at radius 1 is 1.14 bits per heavy atom. The molecule has 1 N–H and O–H groups in total. The smallest absolute Gasteiger partial charge is 0.176 e. The predicted octanol–water partition coefficient (Wildman–Crippen LogP) is 2.31. The van der Waals surface area contributed by atoms with E-state index in [1.54, 1.807) is 6.20 Å². The Hall–Kier alpha value is -1.88. The van der Waals surface area contributed by atoms with Gasteiger partial charge in [-0.25, -0.2) is 9.67 Å². The average molecular weight is 283 g/mol. The normalized spacial score (nSPS) is 25.7. The third-order valence-electron chi connectivity index (χ3n) is 4.69. The van der Waals surface area contributed by atoms with Gasteiger partial charge in [-0.3, -0.25) is 0 Å². The Bertz CT molecular complexity index is 594. The molecule has 2 aromatic rings. The van der Waals surface area contributed by atoms with Gasteiger partial charge >= 0.3 is 0 Å². The highest BCUT2D eigenvalue weighted by Crippen LogP contribution is 2.29. The lowest BCUT2D eigenvalue weighted by atomic mass is 9.97. The Labute approximate surface area is 125 Å². The van der Waals surface area contributed by atoms with Gasteiger partial charge in [0, 0.05) is 37.2 Å². The number of nitrogens with one attached hydrogen (secondary N) is 1. The van der Waals surface area contributed by atoms with Gasteiger partial charge in [-0.2, -0.15) is 5.10 Å². The molecular weight excluding hydrogens is 262 g/mol. The lowest BCUT2D eigenvalue weighted by molar-refractivity contribution is 0.188. The molecule has 2 aliphatic heterocycles. The van der Waals surface area contributed by atoms with Gasteiger partial charge < -0.3 is 10.2 Å². The summed E-state index contributed by atoms with van der Waals surface area (Å²) in [6, 6.07) is 7.34. The number of aromatic nitrogens is 3. The molecule has 0 bridgehead atoms. The van der Waals surface area contributed by atoms with Crippen molar-refractivity contribution in [3.8, 4) is 5.82 Å². The van der Waals surface area contributed by atoms with Crippen LogP contribution in [0.15, 0.2) is 36.8 Å². The van der Waals surface area contributed by atoms with E-state index in [0.29, 0.717) is 6.04 Å². The van der Waals surface area contributed by atoms with Gasteiger partial charge in [-0.15, -0.1) is 0 Å². The number of anilines is 1. The number of pyridine rings is 1. The summed E-state index contributed by atoms with van der Waals surface area (Å²) in [5.74, 6) is 0.886. The monoisotopic (exact) mass is 283 g/mol. The lowest BCUT2D eigenvalue weighted by Crippen LogP contribution is -2.42. The van der Waals surface area contributed by atoms with Crippen molar-refractivity contribution in [3.05, 3.63) is 36.8 Å².